The van der Waals surface area contributed by atoms with Crippen molar-refractivity contribution in [2.75, 3.05) is 13.2 Å². The van der Waals surface area contributed by atoms with Crippen LogP contribution in [0.4, 0.5) is 0 Å². The van der Waals surface area contributed by atoms with Gasteiger partial charge in [0.15, 0.2) is 5.75 Å². The zero-order valence-corrected chi connectivity index (χ0v) is 12.1. The summed E-state index contributed by atoms with van der Waals surface area (Å²) in [7, 11) is 0. The Hall–Kier alpha value is -2.07. The number of aliphatic hydroxyl groups is 1. The minimum absolute atomic E-state index is 0.0780. The first-order valence-electron chi connectivity index (χ1n) is 7.28. The lowest BCUT2D eigenvalue weighted by molar-refractivity contribution is 0.276. The Bertz CT molecular complexity index is 592. The minimum atomic E-state index is -0.134. The van der Waals surface area contributed by atoms with Crippen LogP contribution >= 0.6 is 0 Å². The van der Waals surface area contributed by atoms with Crippen LogP contribution in [0.3, 0.4) is 0 Å². The standard InChI is InChI=1S/C17H21NO3/c19-13-6-12-18-11-4-10-16(17(18)20)21-14-5-9-15-7-2-1-3-8-15/h1-4,7-8,10-11,19H,5-6,9,12-14H2. The summed E-state index contributed by atoms with van der Waals surface area (Å²) in [5.74, 6) is 0.378. The molecule has 0 unspecified atom stereocenters. The van der Waals surface area contributed by atoms with E-state index in [1.54, 1.807) is 22.9 Å². The second-order valence-corrected chi connectivity index (χ2v) is 4.89. The molecule has 0 radical (unpaired) electrons. The molecule has 0 aliphatic carbocycles. The minimum Gasteiger partial charge on any atom is -0.488 e. The molecule has 2 aromatic rings. The van der Waals surface area contributed by atoms with E-state index in [4.69, 9.17) is 9.84 Å². The maximum absolute atomic E-state index is 12.1. The van der Waals surface area contributed by atoms with Gasteiger partial charge in [-0.25, -0.2) is 0 Å². The number of pyridine rings is 1. The summed E-state index contributed by atoms with van der Waals surface area (Å²) < 4.78 is 7.16. The lowest BCUT2D eigenvalue weighted by atomic mass is 10.1. The third-order valence-electron chi connectivity index (χ3n) is 3.25. The topological polar surface area (TPSA) is 51.5 Å². The van der Waals surface area contributed by atoms with Gasteiger partial charge in [0.1, 0.15) is 0 Å². The summed E-state index contributed by atoms with van der Waals surface area (Å²) in [6.45, 7) is 1.11. The van der Waals surface area contributed by atoms with Crippen LogP contribution in [0.1, 0.15) is 18.4 Å². The van der Waals surface area contributed by atoms with Gasteiger partial charge in [-0.05, 0) is 37.0 Å². The molecule has 0 atom stereocenters. The number of aromatic nitrogens is 1. The first kappa shape index (κ1) is 15.3. The van der Waals surface area contributed by atoms with E-state index in [1.165, 1.54) is 5.56 Å². The molecule has 0 spiro atoms. The number of hydrogen-bond donors (Lipinski definition) is 1. The van der Waals surface area contributed by atoms with Gasteiger partial charge in [0.2, 0.25) is 0 Å². The fraction of sp³-hybridized carbons (Fsp3) is 0.353. The van der Waals surface area contributed by atoms with Crippen molar-refractivity contribution in [2.24, 2.45) is 0 Å². The Morgan fingerprint density at radius 1 is 1.05 bits per heavy atom. The van der Waals surface area contributed by atoms with Crippen molar-refractivity contribution < 1.29 is 9.84 Å². The Morgan fingerprint density at radius 2 is 1.86 bits per heavy atom. The van der Waals surface area contributed by atoms with Crippen molar-refractivity contribution in [3.05, 3.63) is 64.6 Å². The molecular formula is C17H21NO3. The zero-order chi connectivity index (χ0) is 14.9. The highest BCUT2D eigenvalue weighted by Crippen LogP contribution is 2.06. The number of hydrogen-bond acceptors (Lipinski definition) is 3. The highest BCUT2D eigenvalue weighted by atomic mass is 16.5. The molecule has 4 heteroatoms. The second-order valence-electron chi connectivity index (χ2n) is 4.89. The van der Waals surface area contributed by atoms with Gasteiger partial charge in [-0.2, -0.15) is 0 Å². The number of benzene rings is 1. The van der Waals surface area contributed by atoms with Crippen molar-refractivity contribution in [1.29, 1.82) is 0 Å². The SMILES string of the molecule is O=c1c(OCCCc2ccccc2)cccn1CCCO. The Balaban J connectivity index is 1.84. The maximum atomic E-state index is 12.1. The lowest BCUT2D eigenvalue weighted by Crippen LogP contribution is -2.22. The average Bonchev–Trinajstić information content (AvgIpc) is 2.53. The predicted octanol–water partition coefficient (Wildman–Crippen LogP) is 2.24. The average molecular weight is 287 g/mol. The van der Waals surface area contributed by atoms with Crippen molar-refractivity contribution in [2.45, 2.75) is 25.8 Å². The van der Waals surface area contributed by atoms with Gasteiger partial charge >= 0.3 is 0 Å². The van der Waals surface area contributed by atoms with Crippen LogP contribution in [0.2, 0.25) is 0 Å². The molecule has 1 heterocycles. The van der Waals surface area contributed by atoms with Crippen molar-refractivity contribution in [1.82, 2.24) is 4.57 Å². The van der Waals surface area contributed by atoms with Crippen molar-refractivity contribution in [3.8, 4) is 5.75 Å². The fourth-order valence-corrected chi connectivity index (χ4v) is 2.14. The van der Waals surface area contributed by atoms with E-state index in [9.17, 15) is 4.79 Å². The van der Waals surface area contributed by atoms with Gasteiger partial charge in [-0.3, -0.25) is 4.79 Å². The quantitative estimate of drug-likeness (QED) is 0.758. The summed E-state index contributed by atoms with van der Waals surface area (Å²) in [6.07, 6.45) is 4.09. The van der Waals surface area contributed by atoms with Crippen LogP contribution < -0.4 is 10.3 Å². The van der Waals surface area contributed by atoms with Gasteiger partial charge < -0.3 is 14.4 Å². The molecule has 0 saturated heterocycles. The maximum Gasteiger partial charge on any atom is 0.292 e. The molecule has 0 amide bonds. The normalized spacial score (nSPS) is 10.5. The molecule has 0 fully saturated rings. The largest absolute Gasteiger partial charge is 0.488 e. The second kappa shape index (κ2) is 8.27. The molecule has 0 saturated carbocycles. The third-order valence-corrected chi connectivity index (χ3v) is 3.25. The van der Waals surface area contributed by atoms with E-state index in [0.717, 1.165) is 12.8 Å². The van der Waals surface area contributed by atoms with E-state index in [1.807, 2.05) is 18.2 Å². The molecule has 1 aromatic carbocycles. The van der Waals surface area contributed by atoms with Gasteiger partial charge in [0.05, 0.1) is 6.61 Å². The number of rotatable bonds is 8. The van der Waals surface area contributed by atoms with Gasteiger partial charge in [-0.15, -0.1) is 0 Å². The number of nitrogens with zero attached hydrogens (tertiary/aromatic N) is 1. The smallest absolute Gasteiger partial charge is 0.292 e. The van der Waals surface area contributed by atoms with E-state index in [2.05, 4.69) is 12.1 Å². The van der Waals surface area contributed by atoms with Crippen molar-refractivity contribution in [3.63, 3.8) is 0 Å². The molecule has 1 N–H and O–H groups in total. The van der Waals surface area contributed by atoms with Crippen LogP contribution in [0.5, 0.6) is 5.75 Å². The van der Waals surface area contributed by atoms with Gasteiger partial charge in [0, 0.05) is 19.3 Å². The van der Waals surface area contributed by atoms with E-state index in [0.29, 0.717) is 25.3 Å². The van der Waals surface area contributed by atoms with Crippen LogP contribution in [0.25, 0.3) is 0 Å². The Kier molecular flexibility index (Phi) is 6.03. The monoisotopic (exact) mass is 287 g/mol. The number of ether oxygens (including phenoxy) is 1. The van der Waals surface area contributed by atoms with Crippen LogP contribution in [-0.2, 0) is 13.0 Å². The molecule has 21 heavy (non-hydrogen) atoms. The number of aliphatic hydroxyl groups excluding tert-OH is 1. The predicted molar refractivity (Wildman–Crippen MR) is 82.7 cm³/mol. The molecule has 112 valence electrons. The summed E-state index contributed by atoms with van der Waals surface area (Å²) in [4.78, 5) is 12.1. The summed E-state index contributed by atoms with van der Waals surface area (Å²) >= 11 is 0. The number of aryl methyl sites for hydroxylation is 2. The van der Waals surface area contributed by atoms with Crippen LogP contribution in [0.15, 0.2) is 53.5 Å². The highest BCUT2D eigenvalue weighted by molar-refractivity contribution is 5.17. The molecule has 0 aliphatic rings. The molecule has 0 bridgehead atoms. The van der Waals surface area contributed by atoms with E-state index < -0.39 is 0 Å². The third kappa shape index (κ3) is 4.76. The van der Waals surface area contributed by atoms with E-state index >= 15 is 0 Å². The first-order valence-corrected chi connectivity index (χ1v) is 7.28. The van der Waals surface area contributed by atoms with Crippen LogP contribution in [-0.4, -0.2) is 22.9 Å². The molecule has 1 aromatic heterocycles. The molecule has 0 aliphatic heterocycles. The zero-order valence-electron chi connectivity index (χ0n) is 12.1. The lowest BCUT2D eigenvalue weighted by Gasteiger charge is -2.09. The summed E-state index contributed by atoms with van der Waals surface area (Å²) in [6, 6.07) is 13.7. The first-order chi connectivity index (χ1) is 10.3. The summed E-state index contributed by atoms with van der Waals surface area (Å²) in [5.41, 5.74) is 1.14. The Morgan fingerprint density at radius 3 is 2.62 bits per heavy atom. The molecular weight excluding hydrogens is 266 g/mol. The fourth-order valence-electron chi connectivity index (χ4n) is 2.14. The van der Waals surface area contributed by atoms with Crippen molar-refractivity contribution >= 4 is 0 Å². The molecule has 2 rings (SSSR count). The Labute approximate surface area is 124 Å². The van der Waals surface area contributed by atoms with E-state index in [-0.39, 0.29) is 12.2 Å². The molecule has 4 nitrogen and oxygen atoms in total. The van der Waals surface area contributed by atoms with Gasteiger partial charge in [-0.1, -0.05) is 30.3 Å². The highest BCUT2D eigenvalue weighted by Gasteiger charge is 2.04. The van der Waals surface area contributed by atoms with Crippen LogP contribution in [0, 0.1) is 0 Å². The van der Waals surface area contributed by atoms with Gasteiger partial charge in [0.25, 0.3) is 5.56 Å². The summed E-state index contributed by atoms with van der Waals surface area (Å²) in [5, 5.41) is 8.82.